The number of carboxylic acid groups (broad SMARTS) is 1. The van der Waals surface area contributed by atoms with Gasteiger partial charge in [0.25, 0.3) is 5.56 Å². The summed E-state index contributed by atoms with van der Waals surface area (Å²) in [6.07, 6.45) is 0.147. The number of hydrogen-bond acceptors (Lipinski definition) is 4. The Kier molecular flexibility index (Phi) is 4.22. The summed E-state index contributed by atoms with van der Waals surface area (Å²) in [6, 6.07) is 14.3. The minimum atomic E-state index is -1.05. The zero-order valence-electron chi connectivity index (χ0n) is 13.4. The summed E-state index contributed by atoms with van der Waals surface area (Å²) < 4.78 is 0.931. The van der Waals surface area contributed by atoms with Crippen molar-refractivity contribution in [2.45, 2.75) is 12.3 Å². The third-order valence-electron chi connectivity index (χ3n) is 4.23. The van der Waals surface area contributed by atoms with E-state index in [4.69, 9.17) is 11.6 Å². The van der Waals surface area contributed by atoms with Gasteiger partial charge in [0.1, 0.15) is 0 Å². The molecule has 2 heterocycles. The Hall–Kier alpha value is -2.70. The first-order valence-corrected chi connectivity index (χ1v) is 9.10. The van der Waals surface area contributed by atoms with Crippen molar-refractivity contribution >= 4 is 50.0 Å². The molecule has 0 saturated heterocycles. The molecule has 4 aromatic rings. The predicted octanol–water partition coefficient (Wildman–Crippen LogP) is 4.20. The predicted molar refractivity (Wildman–Crippen MR) is 103 cm³/mol. The fourth-order valence-corrected chi connectivity index (χ4v) is 4.12. The van der Waals surface area contributed by atoms with Crippen LogP contribution < -0.4 is 5.56 Å². The molecule has 26 heavy (non-hydrogen) atoms. The number of carboxylic acids is 1. The van der Waals surface area contributed by atoms with E-state index in [2.05, 4.69) is 9.97 Å². The van der Waals surface area contributed by atoms with Crippen LogP contribution in [0.25, 0.3) is 21.1 Å². The molecule has 0 radical (unpaired) electrons. The number of pyridine rings is 1. The van der Waals surface area contributed by atoms with Gasteiger partial charge in [-0.05, 0) is 35.7 Å². The van der Waals surface area contributed by atoms with E-state index in [0.717, 1.165) is 15.6 Å². The number of nitrogens with zero attached hydrogens (tertiary/aromatic N) is 1. The van der Waals surface area contributed by atoms with Gasteiger partial charge in [-0.2, -0.15) is 0 Å². The summed E-state index contributed by atoms with van der Waals surface area (Å²) in [4.78, 5) is 31.5. The van der Waals surface area contributed by atoms with Gasteiger partial charge in [-0.1, -0.05) is 29.8 Å². The highest BCUT2D eigenvalue weighted by Crippen LogP contribution is 2.29. The van der Waals surface area contributed by atoms with E-state index in [-0.39, 0.29) is 17.5 Å². The lowest BCUT2D eigenvalue weighted by atomic mass is 9.96. The smallest absolute Gasteiger partial charge is 0.311 e. The van der Waals surface area contributed by atoms with Crippen molar-refractivity contribution in [3.8, 4) is 0 Å². The number of hydrogen-bond donors (Lipinski definition) is 2. The first kappa shape index (κ1) is 16.8. The fraction of sp³-hybridized carbons (Fsp3) is 0.105. The van der Waals surface area contributed by atoms with E-state index in [1.807, 2.05) is 24.3 Å². The second-order valence-corrected chi connectivity index (χ2v) is 7.51. The normalized spacial score (nSPS) is 12.5. The third kappa shape index (κ3) is 3.09. The molecule has 2 aromatic carbocycles. The Labute approximate surface area is 156 Å². The SMILES string of the molecule is O=C(O)C(Cc1nc2cc(Cl)ccc2s1)c1cc2ccccc2[nH]c1=O. The minimum Gasteiger partial charge on any atom is -0.481 e. The Morgan fingerprint density at radius 1 is 1.23 bits per heavy atom. The molecular weight excluding hydrogens is 372 g/mol. The number of rotatable bonds is 4. The number of aromatic nitrogens is 2. The number of H-pyrrole nitrogens is 1. The average Bonchev–Trinajstić information content (AvgIpc) is 3.00. The highest BCUT2D eigenvalue weighted by Gasteiger charge is 2.25. The maximum Gasteiger partial charge on any atom is 0.311 e. The number of fused-ring (bicyclic) bond motifs is 2. The molecule has 0 fully saturated rings. The number of para-hydroxylation sites is 1. The van der Waals surface area contributed by atoms with Crippen LogP contribution in [0.1, 0.15) is 16.5 Å². The van der Waals surface area contributed by atoms with Crippen molar-refractivity contribution in [2.75, 3.05) is 0 Å². The van der Waals surface area contributed by atoms with Crippen LogP contribution in [0.2, 0.25) is 5.02 Å². The second-order valence-electron chi connectivity index (χ2n) is 5.96. The van der Waals surface area contributed by atoms with Gasteiger partial charge in [-0.3, -0.25) is 9.59 Å². The van der Waals surface area contributed by atoms with Gasteiger partial charge in [-0.25, -0.2) is 4.98 Å². The van der Waals surface area contributed by atoms with Crippen molar-refractivity contribution in [1.82, 2.24) is 9.97 Å². The van der Waals surface area contributed by atoms with E-state index < -0.39 is 11.9 Å². The molecule has 1 unspecified atom stereocenters. The number of thiazole rings is 1. The Morgan fingerprint density at radius 2 is 2.04 bits per heavy atom. The summed E-state index contributed by atoms with van der Waals surface area (Å²) >= 11 is 7.39. The molecule has 130 valence electrons. The molecule has 5 nitrogen and oxygen atoms in total. The maximum absolute atomic E-state index is 12.4. The third-order valence-corrected chi connectivity index (χ3v) is 5.52. The Morgan fingerprint density at radius 3 is 2.85 bits per heavy atom. The standard InChI is InChI=1S/C19H13ClN2O3S/c20-11-5-6-16-15(8-11)21-17(26-16)9-13(19(24)25)12-7-10-3-1-2-4-14(10)22-18(12)23/h1-8,13H,9H2,(H,22,23)(H,24,25). The van der Waals surface area contributed by atoms with Crippen molar-refractivity contribution < 1.29 is 9.90 Å². The molecule has 0 saturated carbocycles. The molecule has 1 atom stereocenters. The minimum absolute atomic E-state index is 0.147. The summed E-state index contributed by atoms with van der Waals surface area (Å²) in [6.45, 7) is 0. The molecule has 0 aliphatic rings. The maximum atomic E-state index is 12.4. The Bertz CT molecular complexity index is 1200. The molecular formula is C19H13ClN2O3S. The van der Waals surface area contributed by atoms with Crippen LogP contribution in [0.3, 0.4) is 0 Å². The van der Waals surface area contributed by atoms with Crippen LogP contribution in [0.15, 0.2) is 53.3 Å². The van der Waals surface area contributed by atoms with Gasteiger partial charge >= 0.3 is 5.97 Å². The molecule has 0 amide bonds. The number of aliphatic carboxylic acids is 1. The zero-order chi connectivity index (χ0) is 18.3. The van der Waals surface area contributed by atoms with Crippen LogP contribution >= 0.6 is 22.9 Å². The van der Waals surface area contributed by atoms with Gasteiger partial charge in [0.2, 0.25) is 0 Å². The monoisotopic (exact) mass is 384 g/mol. The average molecular weight is 385 g/mol. The van der Waals surface area contributed by atoms with Crippen LogP contribution in [-0.4, -0.2) is 21.0 Å². The molecule has 2 N–H and O–H groups in total. The highest BCUT2D eigenvalue weighted by molar-refractivity contribution is 7.18. The topological polar surface area (TPSA) is 83.0 Å². The van der Waals surface area contributed by atoms with Crippen LogP contribution in [0.5, 0.6) is 0 Å². The summed E-state index contributed by atoms with van der Waals surface area (Å²) in [5.74, 6) is -2.03. The molecule has 7 heteroatoms. The van der Waals surface area contributed by atoms with Crippen LogP contribution in [0, 0.1) is 0 Å². The molecule has 2 aromatic heterocycles. The van der Waals surface area contributed by atoms with E-state index >= 15 is 0 Å². The number of benzene rings is 2. The van der Waals surface area contributed by atoms with Gasteiger partial charge in [-0.15, -0.1) is 11.3 Å². The summed E-state index contributed by atoms with van der Waals surface area (Å²) in [5.41, 5.74) is 1.25. The van der Waals surface area contributed by atoms with Crippen molar-refractivity contribution in [1.29, 1.82) is 0 Å². The van der Waals surface area contributed by atoms with Gasteiger partial charge in [0, 0.05) is 22.5 Å². The summed E-state index contributed by atoms with van der Waals surface area (Å²) in [7, 11) is 0. The zero-order valence-corrected chi connectivity index (χ0v) is 15.0. The largest absolute Gasteiger partial charge is 0.481 e. The number of aromatic amines is 1. The lowest BCUT2D eigenvalue weighted by Gasteiger charge is -2.11. The van der Waals surface area contributed by atoms with E-state index in [9.17, 15) is 14.7 Å². The number of carbonyl (C=O) groups is 1. The molecule has 0 bridgehead atoms. The lowest BCUT2D eigenvalue weighted by Crippen LogP contribution is -2.23. The van der Waals surface area contributed by atoms with Crippen molar-refractivity contribution in [3.63, 3.8) is 0 Å². The van der Waals surface area contributed by atoms with Gasteiger partial charge in [0.15, 0.2) is 0 Å². The molecule has 0 aliphatic carbocycles. The molecule has 4 rings (SSSR count). The second kappa shape index (κ2) is 6.55. The highest BCUT2D eigenvalue weighted by atomic mass is 35.5. The van der Waals surface area contributed by atoms with Crippen LogP contribution in [-0.2, 0) is 11.2 Å². The van der Waals surface area contributed by atoms with Crippen LogP contribution in [0.4, 0.5) is 0 Å². The lowest BCUT2D eigenvalue weighted by molar-refractivity contribution is -0.138. The van der Waals surface area contributed by atoms with Crippen molar-refractivity contribution in [3.05, 3.63) is 74.5 Å². The number of nitrogens with one attached hydrogen (secondary N) is 1. The van der Waals surface area contributed by atoms with E-state index in [0.29, 0.717) is 15.5 Å². The van der Waals surface area contributed by atoms with Crippen molar-refractivity contribution in [2.24, 2.45) is 0 Å². The molecule has 0 aliphatic heterocycles. The van der Waals surface area contributed by atoms with E-state index in [1.165, 1.54) is 11.3 Å². The van der Waals surface area contributed by atoms with Gasteiger partial charge < -0.3 is 10.1 Å². The number of halogens is 1. The quantitative estimate of drug-likeness (QED) is 0.552. The van der Waals surface area contributed by atoms with E-state index in [1.54, 1.807) is 24.3 Å². The first-order chi connectivity index (χ1) is 12.5. The Balaban J connectivity index is 1.77. The first-order valence-electron chi connectivity index (χ1n) is 7.91. The fourth-order valence-electron chi connectivity index (χ4n) is 2.96. The van der Waals surface area contributed by atoms with Gasteiger partial charge in [0.05, 0.1) is 21.1 Å². The summed E-state index contributed by atoms with van der Waals surface area (Å²) in [5, 5.41) is 11.7. The molecule has 0 spiro atoms.